The SMILES string of the molecule is CC[C@H]1OC(=O)[C@H](C)[C@@H](O[C@H]2C[C@@](C)(OC)[C@@H](O)[C@H](C)O2)[C@H](C)[C@@H](O[C@@H]2O[C@H](C)C[C@H]3[C@H]2OC(=NC)N3C)[C@](C)(OC)C[C@@H](C)C(=O)N[C@H](C)[C@@H](O)[C@]1(C)O. The molecule has 0 aromatic rings. The molecule has 18 atom stereocenters. The van der Waals surface area contributed by atoms with E-state index in [0.29, 0.717) is 12.4 Å². The molecular formula is C39H69N3O13. The van der Waals surface area contributed by atoms with Crippen molar-refractivity contribution in [3.8, 4) is 0 Å². The van der Waals surface area contributed by atoms with Gasteiger partial charge in [0.15, 0.2) is 18.7 Å². The van der Waals surface area contributed by atoms with Crippen LogP contribution in [0.25, 0.3) is 0 Å². The van der Waals surface area contributed by atoms with Crippen molar-refractivity contribution < 1.29 is 62.8 Å². The second-order valence-electron chi connectivity index (χ2n) is 17.0. The highest BCUT2D eigenvalue weighted by Gasteiger charge is 2.55. The number of likely N-dealkylation sites (N-methyl/N-ethyl adjacent to an activating group) is 1. The molecule has 4 aliphatic rings. The van der Waals surface area contributed by atoms with Gasteiger partial charge in [-0.1, -0.05) is 20.8 Å². The number of fused-ring (bicyclic) bond motifs is 1. The predicted octanol–water partition coefficient (Wildman–Crippen LogP) is 2.13. The number of aliphatic hydroxyl groups excluding tert-OH is 2. The van der Waals surface area contributed by atoms with Gasteiger partial charge in [-0.3, -0.25) is 9.59 Å². The van der Waals surface area contributed by atoms with E-state index in [1.807, 2.05) is 32.7 Å². The van der Waals surface area contributed by atoms with Crippen molar-refractivity contribution in [3.05, 3.63) is 0 Å². The average molecular weight is 788 g/mol. The smallest absolute Gasteiger partial charge is 0.311 e. The number of ether oxygens (including phenoxy) is 8. The summed E-state index contributed by atoms with van der Waals surface area (Å²) in [5.74, 6) is -3.46. The molecule has 4 aliphatic heterocycles. The second kappa shape index (κ2) is 17.8. The normalized spacial score (nSPS) is 48.6. The summed E-state index contributed by atoms with van der Waals surface area (Å²) in [6.45, 7) is 17.3. The first-order chi connectivity index (χ1) is 25.6. The maximum atomic E-state index is 14.3. The number of carbonyl (C=O) groups excluding carboxylic acids is 2. The molecule has 4 rings (SSSR count). The topological polar surface area (TPSA) is 196 Å². The Morgan fingerprint density at radius 3 is 2.15 bits per heavy atom. The Kier molecular flexibility index (Phi) is 14.7. The zero-order chi connectivity index (χ0) is 41.4. The molecule has 318 valence electrons. The number of aliphatic hydroxyl groups is 3. The van der Waals surface area contributed by atoms with Crippen LogP contribution in [0, 0.1) is 17.8 Å². The van der Waals surface area contributed by atoms with Gasteiger partial charge in [0.1, 0.15) is 23.9 Å². The number of rotatable bonds is 7. The van der Waals surface area contributed by atoms with E-state index in [0.717, 1.165) is 0 Å². The molecule has 0 radical (unpaired) electrons. The van der Waals surface area contributed by atoms with Gasteiger partial charge in [0.25, 0.3) is 6.02 Å². The number of hydrogen-bond donors (Lipinski definition) is 4. The summed E-state index contributed by atoms with van der Waals surface area (Å²) in [4.78, 5) is 34.4. The van der Waals surface area contributed by atoms with Crippen LogP contribution >= 0.6 is 0 Å². The Hall–Kier alpha value is -2.15. The first-order valence-electron chi connectivity index (χ1n) is 19.8. The highest BCUT2D eigenvalue weighted by Crippen LogP contribution is 2.42. The minimum Gasteiger partial charge on any atom is -0.459 e. The van der Waals surface area contributed by atoms with Gasteiger partial charge in [-0.15, -0.1) is 0 Å². The van der Waals surface area contributed by atoms with E-state index < -0.39 is 102 Å². The molecular weight excluding hydrogens is 718 g/mol. The number of amidine groups is 1. The highest BCUT2D eigenvalue weighted by atomic mass is 16.7. The van der Waals surface area contributed by atoms with Gasteiger partial charge in [0, 0.05) is 46.6 Å². The van der Waals surface area contributed by atoms with Crippen LogP contribution in [0.1, 0.15) is 94.9 Å². The van der Waals surface area contributed by atoms with Crippen LogP contribution in [0.3, 0.4) is 0 Å². The van der Waals surface area contributed by atoms with E-state index in [-0.39, 0.29) is 37.3 Å². The van der Waals surface area contributed by atoms with Gasteiger partial charge >= 0.3 is 5.97 Å². The summed E-state index contributed by atoms with van der Waals surface area (Å²) >= 11 is 0. The third-order valence-corrected chi connectivity index (χ3v) is 12.7. The minimum absolute atomic E-state index is 0.105. The number of cyclic esters (lactones) is 1. The van der Waals surface area contributed by atoms with Gasteiger partial charge in [-0.25, -0.2) is 4.99 Å². The maximum Gasteiger partial charge on any atom is 0.311 e. The molecule has 0 aromatic heterocycles. The van der Waals surface area contributed by atoms with Crippen molar-refractivity contribution in [1.82, 2.24) is 10.2 Å². The summed E-state index contributed by atoms with van der Waals surface area (Å²) in [7, 11) is 6.63. The van der Waals surface area contributed by atoms with Gasteiger partial charge < -0.3 is 63.4 Å². The lowest BCUT2D eigenvalue weighted by Crippen LogP contribution is -2.60. The van der Waals surface area contributed by atoms with Gasteiger partial charge in [-0.05, 0) is 67.7 Å². The van der Waals surface area contributed by atoms with Crippen LogP contribution in [0.4, 0.5) is 0 Å². The van der Waals surface area contributed by atoms with E-state index in [4.69, 9.17) is 37.9 Å². The third-order valence-electron chi connectivity index (χ3n) is 12.7. The molecule has 0 saturated carbocycles. The second-order valence-corrected chi connectivity index (χ2v) is 17.0. The lowest BCUT2D eigenvalue weighted by molar-refractivity contribution is -0.315. The van der Waals surface area contributed by atoms with E-state index in [1.165, 1.54) is 21.1 Å². The molecule has 16 heteroatoms. The van der Waals surface area contributed by atoms with Crippen molar-refractivity contribution in [3.63, 3.8) is 0 Å². The molecule has 4 heterocycles. The lowest BCUT2D eigenvalue weighted by Gasteiger charge is -2.49. The Balaban J connectivity index is 1.86. The van der Waals surface area contributed by atoms with E-state index in [2.05, 4.69) is 10.3 Å². The Labute approximate surface area is 326 Å². The van der Waals surface area contributed by atoms with Crippen molar-refractivity contribution in [1.29, 1.82) is 0 Å². The molecule has 4 saturated heterocycles. The number of nitrogens with one attached hydrogen (secondary N) is 1. The Morgan fingerprint density at radius 2 is 1.56 bits per heavy atom. The number of nitrogens with zero attached hydrogens (tertiary/aromatic N) is 2. The van der Waals surface area contributed by atoms with E-state index in [1.54, 1.807) is 48.6 Å². The molecule has 0 aromatic carbocycles. The fourth-order valence-corrected chi connectivity index (χ4v) is 8.96. The molecule has 1 amide bonds. The summed E-state index contributed by atoms with van der Waals surface area (Å²) in [5.41, 5.74) is -4.18. The van der Waals surface area contributed by atoms with Crippen molar-refractivity contribution in [2.24, 2.45) is 22.7 Å². The van der Waals surface area contributed by atoms with Gasteiger partial charge in [0.05, 0.1) is 53.6 Å². The Bertz CT molecular complexity index is 1350. The standard InChI is InChI=1S/C39H69N3O13/c1-15-26-39(10,47)30(43)23(6)41-33(45)19(2)17-38(9,49-14)32(55-35-29-25(16-20(3)50-35)42(12)36(40-11)54-29)21(4)28(22(5)34(46)52-26)53-27-18-37(8,48-13)31(44)24(7)51-27/h19-32,35,43-44,47H,15-18H2,1-14H3,(H,41,45)/t19-,20-,21+,22-,23-,24+,25+,26-,27+,28+,29-,30-,31+,32-,35+,37-,38-,39-/m1/s1. The number of methoxy groups -OCH3 is 2. The van der Waals surface area contributed by atoms with Crippen LogP contribution in [-0.2, 0) is 47.5 Å². The fourth-order valence-electron chi connectivity index (χ4n) is 8.96. The fraction of sp³-hybridized carbons (Fsp3) is 0.923. The van der Waals surface area contributed by atoms with Crippen LogP contribution in [0.5, 0.6) is 0 Å². The minimum atomic E-state index is -1.94. The van der Waals surface area contributed by atoms with Gasteiger partial charge in [0.2, 0.25) is 5.91 Å². The number of amides is 1. The molecule has 0 spiro atoms. The van der Waals surface area contributed by atoms with Crippen LogP contribution in [-0.4, -0.2) is 157 Å². The molecule has 55 heavy (non-hydrogen) atoms. The summed E-state index contributed by atoms with van der Waals surface area (Å²) in [5, 5.41) is 36.9. The molecule has 0 bridgehead atoms. The quantitative estimate of drug-likeness (QED) is 0.274. The number of hydrogen-bond acceptors (Lipinski definition) is 14. The number of aliphatic imine (C=N–C) groups is 1. The van der Waals surface area contributed by atoms with Crippen LogP contribution in [0.2, 0.25) is 0 Å². The molecule has 0 aliphatic carbocycles. The number of esters is 1. The van der Waals surface area contributed by atoms with Crippen molar-refractivity contribution >= 4 is 17.9 Å². The lowest BCUT2D eigenvalue weighted by atomic mass is 9.77. The summed E-state index contributed by atoms with van der Waals surface area (Å²) < 4.78 is 50.9. The predicted molar refractivity (Wildman–Crippen MR) is 201 cm³/mol. The Morgan fingerprint density at radius 1 is 0.927 bits per heavy atom. The summed E-state index contributed by atoms with van der Waals surface area (Å²) in [6.07, 6.45) is -7.73. The number of carbonyl (C=O) groups is 2. The molecule has 0 unspecified atom stereocenters. The third kappa shape index (κ3) is 9.28. The average Bonchev–Trinajstić information content (AvgIpc) is 3.46. The summed E-state index contributed by atoms with van der Waals surface area (Å²) in [6, 6.07) is -0.559. The molecule has 4 fully saturated rings. The highest BCUT2D eigenvalue weighted by molar-refractivity contribution is 5.79. The van der Waals surface area contributed by atoms with Crippen LogP contribution in [0.15, 0.2) is 4.99 Å². The van der Waals surface area contributed by atoms with Crippen LogP contribution < -0.4 is 5.32 Å². The first kappa shape index (κ1) is 45.6. The van der Waals surface area contributed by atoms with E-state index >= 15 is 0 Å². The molecule has 4 N–H and O–H groups in total. The maximum absolute atomic E-state index is 14.3. The first-order valence-corrected chi connectivity index (χ1v) is 19.8. The monoisotopic (exact) mass is 787 g/mol. The molecule has 16 nitrogen and oxygen atoms in total. The van der Waals surface area contributed by atoms with Crippen molar-refractivity contribution in [2.45, 2.75) is 185 Å². The van der Waals surface area contributed by atoms with Gasteiger partial charge in [-0.2, -0.15) is 0 Å². The van der Waals surface area contributed by atoms with Crippen molar-refractivity contribution in [2.75, 3.05) is 28.3 Å². The zero-order valence-electron chi connectivity index (χ0n) is 35.3. The zero-order valence-corrected chi connectivity index (χ0v) is 35.3. The van der Waals surface area contributed by atoms with E-state index in [9.17, 15) is 24.9 Å². The largest absolute Gasteiger partial charge is 0.459 e.